The third-order valence-corrected chi connectivity index (χ3v) is 4.82. The van der Waals surface area contributed by atoms with Crippen molar-refractivity contribution in [3.8, 4) is 0 Å². The van der Waals surface area contributed by atoms with Gasteiger partial charge in [0.05, 0.1) is 13.5 Å². The van der Waals surface area contributed by atoms with Gasteiger partial charge in [-0.3, -0.25) is 14.4 Å². The Morgan fingerprint density at radius 1 is 0.844 bits per heavy atom. The van der Waals surface area contributed by atoms with Crippen LogP contribution in [0, 0.1) is 0 Å². The van der Waals surface area contributed by atoms with E-state index in [0.717, 1.165) is 11.1 Å². The normalized spacial score (nSPS) is 13.3. The molecule has 0 aliphatic rings. The summed E-state index contributed by atoms with van der Waals surface area (Å²) in [5, 5.41) is 5.30. The van der Waals surface area contributed by atoms with Crippen LogP contribution in [0.2, 0.25) is 0 Å². The van der Waals surface area contributed by atoms with E-state index in [9.17, 15) is 19.2 Å². The number of primary amides is 1. The molecular weight excluding hydrogens is 412 g/mol. The fourth-order valence-electron chi connectivity index (χ4n) is 3.14. The number of hydrogen-bond donors (Lipinski definition) is 4. The van der Waals surface area contributed by atoms with E-state index in [-0.39, 0.29) is 19.3 Å². The molecule has 0 heterocycles. The largest absolute Gasteiger partial charge is 0.467 e. The number of ether oxygens (including phenoxy) is 1. The van der Waals surface area contributed by atoms with E-state index in [1.54, 1.807) is 0 Å². The molecule has 0 unspecified atom stereocenters. The van der Waals surface area contributed by atoms with Gasteiger partial charge in [-0.15, -0.1) is 0 Å². The molecule has 0 saturated carbocycles. The van der Waals surface area contributed by atoms with Crippen molar-refractivity contribution in [3.05, 3.63) is 71.8 Å². The van der Waals surface area contributed by atoms with Crippen molar-refractivity contribution in [2.45, 2.75) is 37.4 Å². The number of quaternary nitrogens is 1. The molecule has 3 atom stereocenters. The summed E-state index contributed by atoms with van der Waals surface area (Å²) in [6, 6.07) is 15.4. The van der Waals surface area contributed by atoms with Gasteiger partial charge in [0.2, 0.25) is 11.8 Å². The van der Waals surface area contributed by atoms with Crippen LogP contribution in [0.3, 0.4) is 0 Å². The lowest BCUT2D eigenvalue weighted by Gasteiger charge is -2.23. The molecule has 3 amide bonds. The molecule has 0 radical (unpaired) electrons. The number of methoxy groups -OCH3 is 1. The zero-order valence-corrected chi connectivity index (χ0v) is 18.0. The molecule has 7 N–H and O–H groups in total. The van der Waals surface area contributed by atoms with Crippen molar-refractivity contribution < 1.29 is 29.6 Å². The molecule has 32 heavy (non-hydrogen) atoms. The highest BCUT2D eigenvalue weighted by Gasteiger charge is 2.30. The number of amides is 3. The van der Waals surface area contributed by atoms with Gasteiger partial charge in [0.25, 0.3) is 5.91 Å². The quantitative estimate of drug-likeness (QED) is 0.333. The summed E-state index contributed by atoms with van der Waals surface area (Å²) in [5.74, 6) is -2.41. The molecule has 0 bridgehead atoms. The number of esters is 1. The van der Waals surface area contributed by atoms with Crippen molar-refractivity contribution >= 4 is 23.7 Å². The third kappa shape index (κ3) is 7.84. The summed E-state index contributed by atoms with van der Waals surface area (Å²) in [7, 11) is 1.24. The zero-order chi connectivity index (χ0) is 23.5. The SMILES string of the molecule is COC(=O)[C@H](Cc1ccccc1)NC(=O)[C@H](Cc1ccccc1)NC(=O)[C@H]([NH3+])CC(N)=O. The Labute approximate surface area is 186 Å². The third-order valence-electron chi connectivity index (χ3n) is 4.82. The molecule has 9 nitrogen and oxygen atoms in total. The second kappa shape index (κ2) is 12.2. The van der Waals surface area contributed by atoms with Gasteiger partial charge >= 0.3 is 5.97 Å². The van der Waals surface area contributed by atoms with Gasteiger partial charge in [-0.25, -0.2) is 4.79 Å². The molecule has 0 spiro atoms. The molecule has 0 aromatic heterocycles. The lowest BCUT2D eigenvalue weighted by molar-refractivity contribution is -0.402. The Kier molecular flexibility index (Phi) is 9.37. The van der Waals surface area contributed by atoms with Crippen LogP contribution in [-0.2, 0) is 36.8 Å². The average Bonchev–Trinajstić information content (AvgIpc) is 2.78. The van der Waals surface area contributed by atoms with Crippen LogP contribution in [0.4, 0.5) is 0 Å². The predicted octanol–water partition coefficient (Wildman–Crippen LogP) is -0.900. The van der Waals surface area contributed by atoms with Crippen LogP contribution in [-0.4, -0.2) is 48.9 Å². The summed E-state index contributed by atoms with van der Waals surface area (Å²) in [4.78, 5) is 49.0. The van der Waals surface area contributed by atoms with E-state index in [0.29, 0.717) is 0 Å². The molecule has 0 fully saturated rings. The molecule has 0 saturated heterocycles. The minimum absolute atomic E-state index is 0.181. The lowest BCUT2D eigenvalue weighted by atomic mass is 10.0. The number of rotatable bonds is 11. The predicted molar refractivity (Wildman–Crippen MR) is 117 cm³/mol. The van der Waals surface area contributed by atoms with Crippen LogP contribution in [0.15, 0.2) is 60.7 Å². The van der Waals surface area contributed by atoms with E-state index in [1.165, 1.54) is 7.11 Å². The number of nitrogens with one attached hydrogen (secondary N) is 2. The number of nitrogens with two attached hydrogens (primary N) is 1. The van der Waals surface area contributed by atoms with Crippen molar-refractivity contribution in [1.29, 1.82) is 0 Å². The topological polar surface area (TPSA) is 155 Å². The molecule has 9 heteroatoms. The molecule has 170 valence electrons. The lowest BCUT2D eigenvalue weighted by Crippen LogP contribution is -2.70. The fraction of sp³-hybridized carbons (Fsp3) is 0.304. The molecule has 2 rings (SSSR count). The van der Waals surface area contributed by atoms with Crippen molar-refractivity contribution in [1.82, 2.24) is 10.6 Å². The van der Waals surface area contributed by atoms with Gasteiger partial charge in [-0.05, 0) is 11.1 Å². The van der Waals surface area contributed by atoms with Gasteiger partial charge < -0.3 is 26.8 Å². The van der Waals surface area contributed by atoms with E-state index >= 15 is 0 Å². The van der Waals surface area contributed by atoms with Crippen molar-refractivity contribution in [2.24, 2.45) is 5.73 Å². The minimum atomic E-state index is -0.995. The van der Waals surface area contributed by atoms with E-state index in [2.05, 4.69) is 16.4 Å². The number of benzene rings is 2. The Morgan fingerprint density at radius 2 is 1.31 bits per heavy atom. The van der Waals surface area contributed by atoms with Crippen molar-refractivity contribution in [3.63, 3.8) is 0 Å². The van der Waals surface area contributed by atoms with Crippen LogP contribution in [0.25, 0.3) is 0 Å². The van der Waals surface area contributed by atoms with Crippen molar-refractivity contribution in [2.75, 3.05) is 7.11 Å². The van der Waals surface area contributed by atoms with Gasteiger partial charge in [0.1, 0.15) is 12.1 Å². The van der Waals surface area contributed by atoms with Crippen LogP contribution in [0.1, 0.15) is 17.5 Å². The minimum Gasteiger partial charge on any atom is -0.467 e. The van der Waals surface area contributed by atoms with Gasteiger partial charge in [0.15, 0.2) is 6.04 Å². The molecule has 2 aromatic rings. The maximum atomic E-state index is 13.1. The summed E-state index contributed by atoms with van der Waals surface area (Å²) in [5.41, 5.74) is 10.4. The summed E-state index contributed by atoms with van der Waals surface area (Å²) in [6.07, 6.45) is 0.163. The second-order valence-corrected chi connectivity index (χ2v) is 7.39. The Bertz CT molecular complexity index is 920. The highest BCUT2D eigenvalue weighted by molar-refractivity contribution is 5.93. The average molecular weight is 442 g/mol. The highest BCUT2D eigenvalue weighted by Crippen LogP contribution is 2.08. The number of carbonyl (C=O) groups excluding carboxylic acids is 4. The van der Waals surface area contributed by atoms with Crippen LogP contribution >= 0.6 is 0 Å². The first kappa shape index (κ1) is 24.5. The van der Waals surface area contributed by atoms with Crippen LogP contribution < -0.4 is 22.1 Å². The Morgan fingerprint density at radius 3 is 1.78 bits per heavy atom. The highest BCUT2D eigenvalue weighted by atomic mass is 16.5. The zero-order valence-electron chi connectivity index (χ0n) is 18.0. The summed E-state index contributed by atoms with van der Waals surface area (Å²) >= 11 is 0. The summed E-state index contributed by atoms with van der Waals surface area (Å²) in [6.45, 7) is 0. The fourth-order valence-corrected chi connectivity index (χ4v) is 3.14. The second-order valence-electron chi connectivity index (χ2n) is 7.39. The maximum Gasteiger partial charge on any atom is 0.328 e. The van der Waals surface area contributed by atoms with E-state index < -0.39 is 41.8 Å². The first-order chi connectivity index (χ1) is 15.3. The first-order valence-electron chi connectivity index (χ1n) is 10.2. The van der Waals surface area contributed by atoms with Gasteiger partial charge in [0, 0.05) is 12.8 Å². The monoisotopic (exact) mass is 441 g/mol. The maximum absolute atomic E-state index is 13.1. The number of carbonyl (C=O) groups is 4. The smallest absolute Gasteiger partial charge is 0.328 e. The first-order valence-corrected chi connectivity index (χ1v) is 10.2. The van der Waals surface area contributed by atoms with Gasteiger partial charge in [-0.2, -0.15) is 0 Å². The number of hydrogen-bond acceptors (Lipinski definition) is 5. The Balaban J connectivity index is 2.19. The molecule has 2 aromatic carbocycles. The van der Waals surface area contributed by atoms with Crippen LogP contribution in [0.5, 0.6) is 0 Å². The molecular formula is C23H29N4O5+. The van der Waals surface area contributed by atoms with Gasteiger partial charge in [-0.1, -0.05) is 60.7 Å². The molecule has 0 aliphatic heterocycles. The molecule has 0 aliphatic carbocycles. The standard InChI is InChI=1S/C23H28N4O5/c1-32-23(31)19(13-16-10-6-3-7-11-16)27-22(30)18(12-15-8-4-2-5-9-15)26-21(29)17(24)14-20(25)28/h2-11,17-19H,12-14,24H2,1H3,(H2,25,28)(H,26,29)(H,27,30)/p+1/t17-,18+,19+/m1/s1. The van der Waals surface area contributed by atoms with E-state index in [1.807, 2.05) is 60.7 Å². The Hall–Kier alpha value is -3.72. The van der Waals surface area contributed by atoms with E-state index in [4.69, 9.17) is 10.5 Å². The summed E-state index contributed by atoms with van der Waals surface area (Å²) < 4.78 is 4.84.